The van der Waals surface area contributed by atoms with E-state index in [2.05, 4.69) is 52.1 Å². The summed E-state index contributed by atoms with van der Waals surface area (Å²) in [4.78, 5) is 11.6. The molecule has 2 rings (SSSR count). The second-order valence-corrected chi connectivity index (χ2v) is 6.45. The minimum Gasteiger partial charge on any atom is -0.357 e. The summed E-state index contributed by atoms with van der Waals surface area (Å²) in [6.45, 7) is 12.6. The van der Waals surface area contributed by atoms with Gasteiger partial charge in [0.05, 0.1) is 6.54 Å². The number of hydrogen-bond acceptors (Lipinski definition) is 3. The lowest BCUT2D eigenvalue weighted by molar-refractivity contribution is 0.273. The predicted molar refractivity (Wildman–Crippen MR) is 100 cm³/mol. The maximum absolute atomic E-state index is 4.79. The fraction of sp³-hybridized carbons (Fsp3) is 0.778. The van der Waals surface area contributed by atoms with Gasteiger partial charge in [-0.2, -0.15) is 0 Å². The molecule has 1 fully saturated rings. The Labute approximate surface area is 146 Å². The summed E-state index contributed by atoms with van der Waals surface area (Å²) in [6.07, 6.45) is 8.79. The number of hydrogen-bond donors (Lipinski definition) is 2. The average molecular weight is 335 g/mol. The maximum Gasteiger partial charge on any atom is 0.191 e. The summed E-state index contributed by atoms with van der Waals surface area (Å²) in [6, 6.07) is 0.620. The SMILES string of the molecule is CCNC(=NCC1CCCN1CC)NCCCCn1ccnc1C. The highest BCUT2D eigenvalue weighted by Gasteiger charge is 2.22. The van der Waals surface area contributed by atoms with E-state index in [1.165, 1.54) is 19.4 Å². The maximum atomic E-state index is 4.79. The molecular formula is C18H34N6. The van der Waals surface area contributed by atoms with E-state index in [0.29, 0.717) is 6.04 Å². The van der Waals surface area contributed by atoms with E-state index in [9.17, 15) is 0 Å². The zero-order valence-corrected chi connectivity index (χ0v) is 15.6. The number of aryl methyl sites for hydroxylation is 2. The number of unbranched alkanes of at least 4 members (excludes halogenated alkanes) is 1. The number of rotatable bonds is 9. The summed E-state index contributed by atoms with van der Waals surface area (Å²) in [5.74, 6) is 2.05. The lowest BCUT2D eigenvalue weighted by Crippen LogP contribution is -2.39. The van der Waals surface area contributed by atoms with Gasteiger partial charge in [-0.1, -0.05) is 6.92 Å². The molecule has 0 bridgehead atoms. The first-order chi connectivity index (χ1) is 11.7. The Morgan fingerprint density at radius 2 is 2.21 bits per heavy atom. The van der Waals surface area contributed by atoms with Crippen molar-refractivity contribution in [2.24, 2.45) is 4.99 Å². The van der Waals surface area contributed by atoms with Crippen LogP contribution in [0.5, 0.6) is 0 Å². The van der Waals surface area contributed by atoms with Crippen molar-refractivity contribution in [3.63, 3.8) is 0 Å². The molecule has 1 unspecified atom stereocenters. The van der Waals surface area contributed by atoms with Gasteiger partial charge in [0, 0.05) is 38.1 Å². The highest BCUT2D eigenvalue weighted by molar-refractivity contribution is 5.79. The molecule has 0 spiro atoms. The molecule has 0 saturated carbocycles. The van der Waals surface area contributed by atoms with Crippen molar-refractivity contribution in [3.8, 4) is 0 Å². The molecular weight excluding hydrogens is 300 g/mol. The lowest BCUT2D eigenvalue weighted by atomic mass is 10.2. The van der Waals surface area contributed by atoms with Crippen molar-refractivity contribution in [1.82, 2.24) is 25.1 Å². The van der Waals surface area contributed by atoms with E-state index in [1.807, 2.05) is 6.20 Å². The van der Waals surface area contributed by atoms with Crippen molar-refractivity contribution < 1.29 is 0 Å². The fourth-order valence-electron chi connectivity index (χ4n) is 3.31. The van der Waals surface area contributed by atoms with Gasteiger partial charge < -0.3 is 15.2 Å². The van der Waals surface area contributed by atoms with E-state index < -0.39 is 0 Å². The number of aliphatic imine (C=N–C) groups is 1. The summed E-state index contributed by atoms with van der Waals surface area (Å²) < 4.78 is 2.21. The van der Waals surface area contributed by atoms with Crippen LogP contribution in [-0.4, -0.2) is 59.2 Å². The number of imidazole rings is 1. The Morgan fingerprint density at radius 3 is 2.92 bits per heavy atom. The van der Waals surface area contributed by atoms with E-state index in [4.69, 9.17) is 4.99 Å². The van der Waals surface area contributed by atoms with Crippen LogP contribution < -0.4 is 10.6 Å². The van der Waals surface area contributed by atoms with Gasteiger partial charge in [-0.3, -0.25) is 9.89 Å². The molecule has 1 aromatic rings. The molecule has 2 heterocycles. The highest BCUT2D eigenvalue weighted by atomic mass is 15.2. The number of nitrogens with zero attached hydrogens (tertiary/aromatic N) is 4. The van der Waals surface area contributed by atoms with E-state index >= 15 is 0 Å². The molecule has 1 aromatic heterocycles. The van der Waals surface area contributed by atoms with Crippen LogP contribution in [0.25, 0.3) is 0 Å². The minimum atomic E-state index is 0.620. The summed E-state index contributed by atoms with van der Waals surface area (Å²) in [5.41, 5.74) is 0. The van der Waals surface area contributed by atoms with Gasteiger partial charge in [-0.05, 0) is 52.6 Å². The Morgan fingerprint density at radius 1 is 1.33 bits per heavy atom. The van der Waals surface area contributed by atoms with Crippen molar-refractivity contribution in [1.29, 1.82) is 0 Å². The highest BCUT2D eigenvalue weighted by Crippen LogP contribution is 2.16. The Bertz CT molecular complexity index is 495. The third kappa shape index (κ3) is 5.82. The van der Waals surface area contributed by atoms with Crippen LogP contribution in [-0.2, 0) is 6.54 Å². The zero-order chi connectivity index (χ0) is 17.2. The van der Waals surface area contributed by atoms with Crippen LogP contribution in [0.1, 0.15) is 45.4 Å². The van der Waals surface area contributed by atoms with Crippen LogP contribution in [0, 0.1) is 6.92 Å². The van der Waals surface area contributed by atoms with Crippen LogP contribution in [0.4, 0.5) is 0 Å². The van der Waals surface area contributed by atoms with Crippen molar-refractivity contribution in [2.75, 3.05) is 32.7 Å². The molecule has 1 saturated heterocycles. The van der Waals surface area contributed by atoms with Gasteiger partial charge in [-0.15, -0.1) is 0 Å². The lowest BCUT2D eigenvalue weighted by Gasteiger charge is -2.21. The molecule has 1 aliphatic heterocycles. The Kier molecular flexibility index (Phi) is 8.08. The summed E-state index contributed by atoms with van der Waals surface area (Å²) in [7, 11) is 0. The van der Waals surface area contributed by atoms with E-state index in [0.717, 1.165) is 57.3 Å². The summed E-state index contributed by atoms with van der Waals surface area (Å²) >= 11 is 0. The molecule has 136 valence electrons. The first kappa shape index (κ1) is 18.8. The monoisotopic (exact) mass is 334 g/mol. The molecule has 6 nitrogen and oxygen atoms in total. The van der Waals surface area contributed by atoms with E-state index in [-0.39, 0.29) is 0 Å². The number of guanidine groups is 1. The van der Waals surface area contributed by atoms with Crippen LogP contribution in [0.15, 0.2) is 17.4 Å². The molecule has 0 aromatic carbocycles. The topological polar surface area (TPSA) is 57.5 Å². The quantitative estimate of drug-likeness (QED) is 0.412. The number of aromatic nitrogens is 2. The molecule has 0 amide bonds. The molecule has 0 aliphatic carbocycles. The second kappa shape index (κ2) is 10.3. The van der Waals surface area contributed by atoms with Crippen LogP contribution in [0.3, 0.4) is 0 Å². The second-order valence-electron chi connectivity index (χ2n) is 6.45. The minimum absolute atomic E-state index is 0.620. The number of likely N-dealkylation sites (N-methyl/N-ethyl adjacent to an activating group) is 1. The Hall–Kier alpha value is -1.56. The largest absolute Gasteiger partial charge is 0.357 e. The van der Waals surface area contributed by atoms with Crippen molar-refractivity contribution >= 4 is 5.96 Å². The predicted octanol–water partition coefficient (Wildman–Crippen LogP) is 2.01. The van der Waals surface area contributed by atoms with E-state index in [1.54, 1.807) is 0 Å². The molecule has 1 atom stereocenters. The normalized spacial score (nSPS) is 19.0. The third-order valence-electron chi connectivity index (χ3n) is 4.75. The molecule has 6 heteroatoms. The number of likely N-dealkylation sites (tertiary alicyclic amines) is 1. The Balaban J connectivity index is 1.68. The first-order valence-corrected chi connectivity index (χ1v) is 9.48. The molecule has 0 radical (unpaired) electrons. The van der Waals surface area contributed by atoms with Gasteiger partial charge >= 0.3 is 0 Å². The first-order valence-electron chi connectivity index (χ1n) is 9.48. The van der Waals surface area contributed by atoms with Crippen LogP contribution >= 0.6 is 0 Å². The fourth-order valence-corrected chi connectivity index (χ4v) is 3.31. The van der Waals surface area contributed by atoms with Gasteiger partial charge in [0.15, 0.2) is 5.96 Å². The zero-order valence-electron chi connectivity index (χ0n) is 15.6. The standard InChI is InChI=1S/C18H34N6/c1-4-19-18(22-15-17-9-8-13-23(17)5-2)21-10-6-7-12-24-14-11-20-16(24)3/h11,14,17H,4-10,12-13,15H2,1-3H3,(H2,19,21,22). The number of nitrogens with one attached hydrogen (secondary N) is 2. The van der Waals surface area contributed by atoms with Gasteiger partial charge in [-0.25, -0.2) is 4.98 Å². The molecule has 2 N–H and O–H groups in total. The summed E-state index contributed by atoms with van der Waals surface area (Å²) in [5, 5.41) is 6.83. The third-order valence-corrected chi connectivity index (χ3v) is 4.75. The average Bonchev–Trinajstić information content (AvgIpc) is 3.20. The molecule has 1 aliphatic rings. The van der Waals surface area contributed by atoms with Crippen molar-refractivity contribution in [3.05, 3.63) is 18.2 Å². The van der Waals surface area contributed by atoms with Gasteiger partial charge in [0.2, 0.25) is 0 Å². The van der Waals surface area contributed by atoms with Gasteiger partial charge in [0.1, 0.15) is 5.82 Å². The van der Waals surface area contributed by atoms with Gasteiger partial charge in [0.25, 0.3) is 0 Å². The molecule has 24 heavy (non-hydrogen) atoms. The smallest absolute Gasteiger partial charge is 0.191 e. The van der Waals surface area contributed by atoms with Crippen molar-refractivity contribution in [2.45, 2.75) is 59.0 Å². The van der Waals surface area contributed by atoms with Crippen LogP contribution in [0.2, 0.25) is 0 Å².